The van der Waals surface area contributed by atoms with Crippen LogP contribution in [0.5, 0.6) is 0 Å². The first-order valence-electron chi connectivity index (χ1n) is 7.00. The Hall–Kier alpha value is -2.23. The van der Waals surface area contributed by atoms with Crippen molar-refractivity contribution in [3.05, 3.63) is 29.3 Å². The van der Waals surface area contributed by atoms with Gasteiger partial charge in [-0.15, -0.1) is 0 Å². The van der Waals surface area contributed by atoms with Crippen LogP contribution >= 0.6 is 0 Å². The van der Waals surface area contributed by atoms with Gasteiger partial charge in [-0.1, -0.05) is 6.92 Å². The number of likely N-dealkylation sites (tertiary alicyclic amines) is 1. The van der Waals surface area contributed by atoms with Crippen molar-refractivity contribution in [2.45, 2.75) is 32.0 Å². The maximum atomic E-state index is 13.0. The summed E-state index contributed by atoms with van der Waals surface area (Å²) in [5.41, 5.74) is -0.746. The molecule has 0 spiro atoms. The summed E-state index contributed by atoms with van der Waals surface area (Å²) in [5.74, 6) is -0.00822. The Morgan fingerprint density at radius 3 is 2.82 bits per heavy atom. The van der Waals surface area contributed by atoms with E-state index in [0.29, 0.717) is 25.9 Å². The van der Waals surface area contributed by atoms with E-state index in [1.54, 1.807) is 11.8 Å². The smallest absolute Gasteiger partial charge is 0.380 e. The van der Waals surface area contributed by atoms with Gasteiger partial charge >= 0.3 is 6.18 Å². The molecule has 0 radical (unpaired) electrons. The van der Waals surface area contributed by atoms with Crippen LogP contribution in [0.1, 0.15) is 30.9 Å². The first-order chi connectivity index (χ1) is 10.3. The Kier molecular flexibility index (Phi) is 4.59. The molecule has 118 valence electrons. The summed E-state index contributed by atoms with van der Waals surface area (Å²) in [6.45, 7) is 2.66. The average molecular weight is 311 g/mol. The molecule has 0 saturated carbocycles. The number of alkyl halides is 3. The van der Waals surface area contributed by atoms with Crippen LogP contribution in [0.2, 0.25) is 0 Å². The van der Waals surface area contributed by atoms with E-state index < -0.39 is 11.7 Å². The van der Waals surface area contributed by atoms with E-state index in [0.717, 1.165) is 12.1 Å². The van der Waals surface area contributed by atoms with Crippen molar-refractivity contribution in [3.8, 4) is 6.07 Å². The van der Waals surface area contributed by atoms with Gasteiger partial charge in [-0.2, -0.15) is 18.4 Å². The zero-order valence-electron chi connectivity index (χ0n) is 12.1. The van der Waals surface area contributed by atoms with Gasteiger partial charge in [0.05, 0.1) is 17.2 Å². The van der Waals surface area contributed by atoms with E-state index in [1.165, 1.54) is 6.07 Å². The standard InChI is InChI=1S/C15H16F3N3O/c1-2-14(22)21-6-5-11(9-21)20-13-7-10(8-19)3-4-12(13)15(16,17)18/h3-4,7,11,20H,2,5-6,9H2,1H3. The number of benzene rings is 1. The number of hydrogen-bond acceptors (Lipinski definition) is 3. The predicted molar refractivity (Wildman–Crippen MR) is 75.1 cm³/mol. The van der Waals surface area contributed by atoms with Crippen LogP contribution in [0, 0.1) is 11.3 Å². The highest BCUT2D eigenvalue weighted by atomic mass is 19.4. The van der Waals surface area contributed by atoms with Gasteiger partial charge in [-0.05, 0) is 24.6 Å². The second-order valence-corrected chi connectivity index (χ2v) is 5.19. The summed E-state index contributed by atoms with van der Waals surface area (Å²) < 4.78 is 39.1. The monoisotopic (exact) mass is 311 g/mol. The van der Waals surface area contributed by atoms with Crippen molar-refractivity contribution in [1.29, 1.82) is 5.26 Å². The van der Waals surface area contributed by atoms with E-state index in [4.69, 9.17) is 5.26 Å². The number of nitrogens with one attached hydrogen (secondary N) is 1. The van der Waals surface area contributed by atoms with Crippen molar-refractivity contribution in [2.24, 2.45) is 0 Å². The van der Waals surface area contributed by atoms with E-state index in [-0.39, 0.29) is 23.2 Å². The highest BCUT2D eigenvalue weighted by Crippen LogP contribution is 2.36. The van der Waals surface area contributed by atoms with Crippen LogP contribution in [0.15, 0.2) is 18.2 Å². The third-order valence-electron chi connectivity index (χ3n) is 3.66. The van der Waals surface area contributed by atoms with Gasteiger partial charge in [0.2, 0.25) is 5.91 Å². The van der Waals surface area contributed by atoms with Gasteiger partial charge < -0.3 is 10.2 Å². The lowest BCUT2D eigenvalue weighted by atomic mass is 10.1. The van der Waals surface area contributed by atoms with Crippen molar-refractivity contribution in [1.82, 2.24) is 4.90 Å². The van der Waals surface area contributed by atoms with Gasteiger partial charge in [-0.25, -0.2) is 0 Å². The number of carbonyl (C=O) groups excluding carboxylic acids is 1. The van der Waals surface area contributed by atoms with Gasteiger partial charge in [0, 0.05) is 31.2 Å². The highest BCUT2D eigenvalue weighted by molar-refractivity contribution is 5.76. The lowest BCUT2D eigenvalue weighted by Gasteiger charge is -2.20. The maximum absolute atomic E-state index is 13.0. The molecule has 0 aromatic heterocycles. The zero-order valence-corrected chi connectivity index (χ0v) is 12.1. The van der Waals surface area contributed by atoms with E-state index in [2.05, 4.69) is 5.32 Å². The molecule has 1 unspecified atom stereocenters. The predicted octanol–water partition coefficient (Wildman–Crippen LogP) is 3.00. The van der Waals surface area contributed by atoms with E-state index in [1.807, 2.05) is 6.07 Å². The normalized spacial score (nSPS) is 18.1. The maximum Gasteiger partial charge on any atom is 0.418 e. The molecule has 1 saturated heterocycles. The molecule has 22 heavy (non-hydrogen) atoms. The minimum atomic E-state index is -4.49. The van der Waals surface area contributed by atoms with Crippen molar-refractivity contribution >= 4 is 11.6 Å². The third kappa shape index (κ3) is 3.50. The van der Waals surface area contributed by atoms with Crippen LogP contribution < -0.4 is 5.32 Å². The Bertz CT molecular complexity index is 607. The Labute approximate surface area is 126 Å². The van der Waals surface area contributed by atoms with E-state index >= 15 is 0 Å². The quantitative estimate of drug-likeness (QED) is 0.933. The van der Waals surface area contributed by atoms with Crippen molar-refractivity contribution in [2.75, 3.05) is 18.4 Å². The van der Waals surface area contributed by atoms with Crippen LogP contribution in [0.3, 0.4) is 0 Å². The molecule has 1 aromatic carbocycles. The lowest BCUT2D eigenvalue weighted by Crippen LogP contribution is -2.31. The fourth-order valence-electron chi connectivity index (χ4n) is 2.53. The second kappa shape index (κ2) is 6.26. The minimum absolute atomic E-state index is 0.00822. The van der Waals surface area contributed by atoms with Gasteiger partial charge in [0.15, 0.2) is 0 Å². The number of carbonyl (C=O) groups is 1. The Morgan fingerprint density at radius 2 is 2.23 bits per heavy atom. The number of nitrogens with zero attached hydrogens (tertiary/aromatic N) is 2. The molecule has 1 heterocycles. The molecule has 1 atom stereocenters. The molecule has 1 N–H and O–H groups in total. The summed E-state index contributed by atoms with van der Waals surface area (Å²) in [6, 6.07) is 4.85. The molecule has 1 fully saturated rings. The topological polar surface area (TPSA) is 56.1 Å². The summed E-state index contributed by atoms with van der Waals surface area (Å²) in [4.78, 5) is 13.3. The molecule has 1 amide bonds. The van der Waals surface area contributed by atoms with Gasteiger partial charge in [-0.3, -0.25) is 4.79 Å². The number of amides is 1. The van der Waals surface area contributed by atoms with E-state index in [9.17, 15) is 18.0 Å². The summed E-state index contributed by atoms with van der Waals surface area (Å²) in [7, 11) is 0. The SMILES string of the molecule is CCC(=O)N1CCC(Nc2cc(C#N)ccc2C(F)(F)F)C1. The first-order valence-corrected chi connectivity index (χ1v) is 7.00. The fourth-order valence-corrected chi connectivity index (χ4v) is 2.53. The van der Waals surface area contributed by atoms with Crippen molar-refractivity contribution < 1.29 is 18.0 Å². The minimum Gasteiger partial charge on any atom is -0.380 e. The first kappa shape index (κ1) is 16.1. The molecule has 2 rings (SSSR count). The van der Waals surface area contributed by atoms with Gasteiger partial charge in [0.25, 0.3) is 0 Å². The molecule has 1 aromatic rings. The fraction of sp³-hybridized carbons (Fsp3) is 0.467. The van der Waals surface area contributed by atoms with Crippen LogP contribution in [-0.4, -0.2) is 29.9 Å². The van der Waals surface area contributed by atoms with Gasteiger partial charge in [0.1, 0.15) is 0 Å². The molecular weight excluding hydrogens is 295 g/mol. The molecule has 7 heteroatoms. The number of rotatable bonds is 3. The van der Waals surface area contributed by atoms with Crippen LogP contribution in [-0.2, 0) is 11.0 Å². The number of anilines is 1. The molecule has 4 nitrogen and oxygen atoms in total. The summed E-state index contributed by atoms with van der Waals surface area (Å²) >= 11 is 0. The molecule has 0 aliphatic carbocycles. The zero-order chi connectivity index (χ0) is 16.3. The second-order valence-electron chi connectivity index (χ2n) is 5.19. The number of hydrogen-bond donors (Lipinski definition) is 1. The molecule has 1 aliphatic heterocycles. The number of halogens is 3. The molecule has 1 aliphatic rings. The Balaban J connectivity index is 2.19. The summed E-state index contributed by atoms with van der Waals surface area (Å²) in [5, 5.41) is 11.7. The largest absolute Gasteiger partial charge is 0.418 e. The van der Waals surface area contributed by atoms with Crippen LogP contribution in [0.25, 0.3) is 0 Å². The van der Waals surface area contributed by atoms with Crippen LogP contribution in [0.4, 0.5) is 18.9 Å². The highest BCUT2D eigenvalue weighted by Gasteiger charge is 2.35. The number of nitriles is 1. The lowest BCUT2D eigenvalue weighted by molar-refractivity contribution is -0.137. The molecular formula is C15H16F3N3O. The Morgan fingerprint density at radius 1 is 1.50 bits per heavy atom. The van der Waals surface area contributed by atoms with Crippen molar-refractivity contribution in [3.63, 3.8) is 0 Å². The molecule has 0 bridgehead atoms. The third-order valence-corrected chi connectivity index (χ3v) is 3.66. The summed E-state index contributed by atoms with van der Waals surface area (Å²) in [6.07, 6.45) is -3.53. The average Bonchev–Trinajstić information content (AvgIpc) is 2.93.